The SMILES string of the molecule is CCCCCCOP(=O)(OCCCCCC)OCC(C)C. The van der Waals surface area contributed by atoms with Gasteiger partial charge >= 0.3 is 7.82 Å². The Bertz CT molecular complexity index is 251. The van der Waals surface area contributed by atoms with E-state index in [9.17, 15) is 4.57 Å². The molecule has 21 heavy (non-hydrogen) atoms. The first-order chi connectivity index (χ1) is 10.0. The smallest absolute Gasteiger partial charge is 0.287 e. The number of hydrogen-bond acceptors (Lipinski definition) is 4. The van der Waals surface area contributed by atoms with Crippen LogP contribution in [0.2, 0.25) is 0 Å². The highest BCUT2D eigenvalue weighted by Crippen LogP contribution is 2.50. The normalized spacial score (nSPS) is 12.2. The van der Waals surface area contributed by atoms with Crippen LogP contribution in [0.4, 0.5) is 0 Å². The Morgan fingerprint density at radius 1 is 0.762 bits per heavy atom. The number of rotatable bonds is 15. The van der Waals surface area contributed by atoms with E-state index in [1.54, 1.807) is 0 Å². The fourth-order valence-electron chi connectivity index (χ4n) is 1.76. The van der Waals surface area contributed by atoms with E-state index in [-0.39, 0.29) is 0 Å². The van der Waals surface area contributed by atoms with Crippen molar-refractivity contribution in [2.75, 3.05) is 19.8 Å². The van der Waals surface area contributed by atoms with E-state index in [1.165, 1.54) is 25.7 Å². The van der Waals surface area contributed by atoms with Crippen molar-refractivity contribution in [1.82, 2.24) is 0 Å². The van der Waals surface area contributed by atoms with Crippen molar-refractivity contribution in [3.8, 4) is 0 Å². The summed E-state index contributed by atoms with van der Waals surface area (Å²) in [4.78, 5) is 0. The van der Waals surface area contributed by atoms with Crippen LogP contribution in [0.15, 0.2) is 0 Å². The van der Waals surface area contributed by atoms with Crippen molar-refractivity contribution < 1.29 is 18.1 Å². The molecular formula is C16H35O4P. The molecule has 0 aliphatic heterocycles. The van der Waals surface area contributed by atoms with E-state index < -0.39 is 7.82 Å². The Morgan fingerprint density at radius 2 is 1.24 bits per heavy atom. The molecule has 0 saturated heterocycles. The summed E-state index contributed by atoms with van der Waals surface area (Å²) in [6, 6.07) is 0. The summed E-state index contributed by atoms with van der Waals surface area (Å²) in [6.45, 7) is 9.67. The zero-order valence-electron chi connectivity index (χ0n) is 14.4. The maximum Gasteiger partial charge on any atom is 0.474 e. The van der Waals surface area contributed by atoms with E-state index in [4.69, 9.17) is 13.6 Å². The van der Waals surface area contributed by atoms with Gasteiger partial charge in [-0.05, 0) is 18.8 Å². The van der Waals surface area contributed by atoms with Crippen LogP contribution in [-0.4, -0.2) is 19.8 Å². The van der Waals surface area contributed by atoms with Gasteiger partial charge < -0.3 is 0 Å². The molecule has 0 radical (unpaired) electrons. The van der Waals surface area contributed by atoms with Crippen LogP contribution in [0.3, 0.4) is 0 Å². The van der Waals surface area contributed by atoms with Gasteiger partial charge in [0.05, 0.1) is 19.8 Å². The Morgan fingerprint density at radius 3 is 1.62 bits per heavy atom. The molecule has 0 unspecified atom stereocenters. The van der Waals surface area contributed by atoms with Crippen LogP contribution in [0.5, 0.6) is 0 Å². The maximum absolute atomic E-state index is 12.5. The molecule has 0 aromatic heterocycles. The van der Waals surface area contributed by atoms with Crippen molar-refractivity contribution in [2.24, 2.45) is 5.92 Å². The highest BCUT2D eigenvalue weighted by molar-refractivity contribution is 7.48. The third kappa shape index (κ3) is 13.5. The highest BCUT2D eigenvalue weighted by atomic mass is 31.2. The zero-order valence-corrected chi connectivity index (χ0v) is 15.3. The van der Waals surface area contributed by atoms with Crippen LogP contribution in [0, 0.1) is 5.92 Å². The van der Waals surface area contributed by atoms with Gasteiger partial charge in [-0.2, -0.15) is 0 Å². The second-order valence-electron chi connectivity index (χ2n) is 5.92. The quantitative estimate of drug-likeness (QED) is 0.275. The fourth-order valence-corrected chi connectivity index (χ4v) is 3.17. The molecule has 0 rings (SSSR count). The molecule has 0 spiro atoms. The monoisotopic (exact) mass is 322 g/mol. The second kappa shape index (κ2) is 13.8. The van der Waals surface area contributed by atoms with E-state index in [0.29, 0.717) is 25.7 Å². The number of phosphoric ester groups is 1. The summed E-state index contributed by atoms with van der Waals surface area (Å²) in [7, 11) is -3.37. The van der Waals surface area contributed by atoms with E-state index in [1.807, 2.05) is 13.8 Å². The van der Waals surface area contributed by atoms with Gasteiger partial charge in [0.1, 0.15) is 0 Å². The molecule has 0 fully saturated rings. The first-order valence-electron chi connectivity index (χ1n) is 8.57. The minimum absolute atomic E-state index is 0.311. The lowest BCUT2D eigenvalue weighted by Crippen LogP contribution is -2.07. The molecule has 0 saturated carbocycles. The van der Waals surface area contributed by atoms with Crippen molar-refractivity contribution in [3.63, 3.8) is 0 Å². The first kappa shape index (κ1) is 21.1. The van der Waals surface area contributed by atoms with Crippen LogP contribution in [0.25, 0.3) is 0 Å². The maximum atomic E-state index is 12.5. The molecule has 0 N–H and O–H groups in total. The van der Waals surface area contributed by atoms with Gasteiger partial charge in [0.25, 0.3) is 0 Å². The number of hydrogen-bond donors (Lipinski definition) is 0. The molecule has 0 aromatic rings. The minimum atomic E-state index is -3.37. The van der Waals surface area contributed by atoms with Gasteiger partial charge in [-0.15, -0.1) is 0 Å². The topological polar surface area (TPSA) is 44.8 Å². The second-order valence-corrected chi connectivity index (χ2v) is 7.59. The summed E-state index contributed by atoms with van der Waals surface area (Å²) < 4.78 is 28.8. The van der Waals surface area contributed by atoms with Crippen molar-refractivity contribution >= 4 is 7.82 Å². The Kier molecular flexibility index (Phi) is 13.8. The van der Waals surface area contributed by atoms with Gasteiger partial charge in [-0.1, -0.05) is 66.2 Å². The average Bonchev–Trinajstić information content (AvgIpc) is 2.45. The van der Waals surface area contributed by atoms with Gasteiger partial charge in [-0.25, -0.2) is 4.57 Å². The van der Waals surface area contributed by atoms with Gasteiger partial charge in [0, 0.05) is 0 Å². The molecule has 0 atom stereocenters. The molecule has 0 heterocycles. The zero-order chi connectivity index (χ0) is 16.0. The number of unbranched alkanes of at least 4 members (excludes halogenated alkanes) is 6. The van der Waals surface area contributed by atoms with Crippen LogP contribution < -0.4 is 0 Å². The third-order valence-electron chi connectivity index (χ3n) is 3.06. The summed E-state index contributed by atoms with van der Waals surface area (Å²) in [5.41, 5.74) is 0. The summed E-state index contributed by atoms with van der Waals surface area (Å²) in [5, 5.41) is 0. The van der Waals surface area contributed by atoms with E-state index in [2.05, 4.69) is 13.8 Å². The minimum Gasteiger partial charge on any atom is -0.287 e. The average molecular weight is 322 g/mol. The van der Waals surface area contributed by atoms with Crippen molar-refractivity contribution in [2.45, 2.75) is 79.1 Å². The van der Waals surface area contributed by atoms with Crippen molar-refractivity contribution in [1.29, 1.82) is 0 Å². The van der Waals surface area contributed by atoms with Gasteiger partial charge in [0.15, 0.2) is 0 Å². The standard InChI is InChI=1S/C16H35O4P/c1-5-7-9-11-13-18-21(17,20-15-16(3)4)19-14-12-10-8-6-2/h16H,5-15H2,1-4H3. The molecule has 0 aliphatic rings. The summed E-state index contributed by atoms with van der Waals surface area (Å²) >= 11 is 0. The lowest BCUT2D eigenvalue weighted by molar-refractivity contribution is 0.101. The first-order valence-corrected chi connectivity index (χ1v) is 10.0. The lowest BCUT2D eigenvalue weighted by atomic mass is 10.2. The van der Waals surface area contributed by atoms with Gasteiger partial charge in [-0.3, -0.25) is 13.6 Å². The number of phosphoric acid groups is 1. The van der Waals surface area contributed by atoms with Crippen LogP contribution >= 0.6 is 7.82 Å². The summed E-state index contributed by atoms with van der Waals surface area (Å²) in [5.74, 6) is 0.311. The Labute approximate surface area is 131 Å². The Balaban J connectivity index is 4.04. The van der Waals surface area contributed by atoms with Crippen LogP contribution in [-0.2, 0) is 18.1 Å². The fraction of sp³-hybridized carbons (Fsp3) is 1.00. The molecule has 128 valence electrons. The van der Waals surface area contributed by atoms with Crippen molar-refractivity contribution in [3.05, 3.63) is 0 Å². The molecule has 0 aromatic carbocycles. The molecule has 0 amide bonds. The molecule has 5 heteroatoms. The predicted molar refractivity (Wildman–Crippen MR) is 88.6 cm³/mol. The molecule has 0 bridgehead atoms. The lowest BCUT2D eigenvalue weighted by Gasteiger charge is -2.19. The van der Waals surface area contributed by atoms with E-state index in [0.717, 1.165) is 25.7 Å². The highest BCUT2D eigenvalue weighted by Gasteiger charge is 2.26. The molecular weight excluding hydrogens is 287 g/mol. The Hall–Kier alpha value is 0.110. The molecule has 0 aliphatic carbocycles. The van der Waals surface area contributed by atoms with Crippen LogP contribution in [0.1, 0.15) is 79.1 Å². The van der Waals surface area contributed by atoms with Gasteiger partial charge in [0.2, 0.25) is 0 Å². The summed E-state index contributed by atoms with van der Waals surface area (Å²) in [6.07, 6.45) is 8.71. The third-order valence-corrected chi connectivity index (χ3v) is 4.52. The largest absolute Gasteiger partial charge is 0.474 e. The van der Waals surface area contributed by atoms with E-state index >= 15 is 0 Å². The predicted octanol–water partition coefficient (Wildman–Crippen LogP) is 5.96. The molecule has 4 nitrogen and oxygen atoms in total.